The molecule has 1 heterocycles. The van der Waals surface area contributed by atoms with Crippen molar-refractivity contribution in [2.45, 2.75) is 78.0 Å². The van der Waals surface area contributed by atoms with Gasteiger partial charge in [-0.05, 0) is 52.3 Å². The molecule has 1 aliphatic rings. The van der Waals surface area contributed by atoms with Crippen LogP contribution in [-0.2, 0) is 20.9 Å². The van der Waals surface area contributed by atoms with Crippen LogP contribution in [0.1, 0.15) is 40.2 Å². The quantitative estimate of drug-likeness (QED) is 0.400. The van der Waals surface area contributed by atoms with Gasteiger partial charge >= 0.3 is 5.97 Å². The van der Waals surface area contributed by atoms with Crippen molar-refractivity contribution >= 4 is 11.7 Å². The van der Waals surface area contributed by atoms with Gasteiger partial charge in [-0.15, -0.1) is 0 Å². The highest BCUT2D eigenvalue weighted by Crippen LogP contribution is 2.31. The van der Waals surface area contributed by atoms with Gasteiger partial charge in [0.2, 0.25) is 6.29 Å². The minimum atomic E-state index is -1.53. The van der Waals surface area contributed by atoms with Crippen LogP contribution in [0.2, 0.25) is 0 Å². The molecule has 0 spiro atoms. The third-order valence-electron chi connectivity index (χ3n) is 4.56. The Morgan fingerprint density at radius 3 is 2.40 bits per heavy atom. The maximum atomic E-state index is 12.0. The van der Waals surface area contributed by atoms with Crippen molar-refractivity contribution in [1.29, 1.82) is 0 Å². The van der Waals surface area contributed by atoms with Gasteiger partial charge in [0.25, 0.3) is 0 Å². The summed E-state index contributed by atoms with van der Waals surface area (Å²) < 4.78 is 16.5. The maximum Gasteiger partial charge on any atom is 0.311 e. The molecule has 1 aliphatic heterocycles. The number of nitrogens with one attached hydrogen (secondary N) is 1. The van der Waals surface area contributed by atoms with Crippen LogP contribution in [0.3, 0.4) is 0 Å². The van der Waals surface area contributed by atoms with Crippen LogP contribution in [0.4, 0.5) is 5.69 Å². The molecular weight excluding hydrogens is 394 g/mol. The first-order valence-corrected chi connectivity index (χ1v) is 9.98. The van der Waals surface area contributed by atoms with Gasteiger partial charge in [-0.3, -0.25) is 4.79 Å². The van der Waals surface area contributed by atoms with Crippen LogP contribution in [0.25, 0.3) is 0 Å². The van der Waals surface area contributed by atoms with Gasteiger partial charge in [0, 0.05) is 6.04 Å². The molecule has 0 amide bonds. The van der Waals surface area contributed by atoms with Crippen molar-refractivity contribution in [2.24, 2.45) is 5.41 Å². The minimum absolute atomic E-state index is 0.0505. The first-order valence-electron chi connectivity index (χ1n) is 9.98. The van der Waals surface area contributed by atoms with E-state index in [1.807, 2.05) is 13.8 Å². The van der Waals surface area contributed by atoms with Gasteiger partial charge in [-0.2, -0.15) is 0 Å². The van der Waals surface area contributed by atoms with Gasteiger partial charge in [0.05, 0.1) is 17.7 Å². The lowest BCUT2D eigenvalue weighted by molar-refractivity contribution is -0.277. The Labute approximate surface area is 176 Å². The van der Waals surface area contributed by atoms with Crippen molar-refractivity contribution < 1.29 is 39.4 Å². The third kappa shape index (κ3) is 6.05. The van der Waals surface area contributed by atoms with Gasteiger partial charge in [0.15, 0.2) is 0 Å². The van der Waals surface area contributed by atoms with Crippen molar-refractivity contribution in [3.63, 3.8) is 0 Å². The summed E-state index contributed by atoms with van der Waals surface area (Å²) in [7, 11) is 0. The number of rotatable bonds is 7. The monoisotopic (exact) mass is 427 g/mol. The van der Waals surface area contributed by atoms with E-state index in [0.29, 0.717) is 11.4 Å². The van der Waals surface area contributed by atoms with Gasteiger partial charge in [-0.1, -0.05) is 6.07 Å². The summed E-state index contributed by atoms with van der Waals surface area (Å²) in [5.41, 5.74) is 0.703. The molecule has 0 aliphatic carbocycles. The molecule has 2 rings (SSSR count). The second-order valence-corrected chi connectivity index (χ2v) is 8.77. The number of anilines is 1. The van der Waals surface area contributed by atoms with E-state index in [2.05, 4.69) is 5.32 Å². The molecule has 1 aromatic rings. The number of ether oxygens (including phenoxy) is 3. The van der Waals surface area contributed by atoms with Gasteiger partial charge in [0.1, 0.15) is 36.8 Å². The summed E-state index contributed by atoms with van der Waals surface area (Å²) >= 11 is 0. The van der Waals surface area contributed by atoms with Crippen molar-refractivity contribution in [1.82, 2.24) is 0 Å². The molecule has 30 heavy (non-hydrogen) atoms. The predicted molar refractivity (Wildman–Crippen MR) is 109 cm³/mol. The van der Waals surface area contributed by atoms with Crippen molar-refractivity contribution in [3.05, 3.63) is 23.8 Å². The lowest BCUT2D eigenvalue weighted by Crippen LogP contribution is -2.60. The molecule has 0 saturated carbocycles. The minimum Gasteiger partial charge on any atom is -0.460 e. The fraction of sp³-hybridized carbons (Fsp3) is 0.667. The molecule has 9 nitrogen and oxygen atoms in total. The van der Waals surface area contributed by atoms with Crippen molar-refractivity contribution in [2.75, 3.05) is 11.9 Å². The molecule has 5 unspecified atom stereocenters. The van der Waals surface area contributed by atoms with E-state index in [1.165, 1.54) is 0 Å². The smallest absolute Gasteiger partial charge is 0.311 e. The van der Waals surface area contributed by atoms with E-state index in [0.717, 1.165) is 5.56 Å². The second-order valence-electron chi connectivity index (χ2n) is 8.77. The van der Waals surface area contributed by atoms with Crippen LogP contribution in [-0.4, -0.2) is 69.8 Å². The average molecular weight is 427 g/mol. The number of carbonyl (C=O) groups is 1. The SMILES string of the molecule is CC(C)Nc1cc(COC(=O)C(C)(C)C)ccc1OC1OC(CO)C(O)C(O)C1O. The number of aliphatic hydroxyl groups excluding tert-OH is 4. The van der Waals surface area contributed by atoms with E-state index in [4.69, 9.17) is 14.2 Å². The number of esters is 1. The highest BCUT2D eigenvalue weighted by molar-refractivity contribution is 5.75. The number of hydrogen-bond donors (Lipinski definition) is 5. The van der Waals surface area contributed by atoms with E-state index in [-0.39, 0.29) is 18.6 Å². The standard InChI is InChI=1S/C21H33NO8/c1-11(2)22-13-8-12(10-28-20(27)21(3,4)5)6-7-14(13)29-19-18(26)17(25)16(24)15(9-23)30-19/h6-8,11,15-19,22-26H,9-10H2,1-5H3. The summed E-state index contributed by atoms with van der Waals surface area (Å²) in [4.78, 5) is 12.0. The summed E-state index contributed by atoms with van der Waals surface area (Å²) in [6, 6.07) is 5.15. The highest BCUT2D eigenvalue weighted by atomic mass is 16.7. The van der Waals surface area contributed by atoms with E-state index >= 15 is 0 Å². The van der Waals surface area contributed by atoms with Crippen molar-refractivity contribution in [3.8, 4) is 5.75 Å². The lowest BCUT2D eigenvalue weighted by Gasteiger charge is -2.39. The molecule has 1 saturated heterocycles. The van der Waals surface area contributed by atoms with Gasteiger partial charge in [-0.25, -0.2) is 0 Å². The number of hydrogen-bond acceptors (Lipinski definition) is 9. The molecule has 5 atom stereocenters. The zero-order valence-corrected chi connectivity index (χ0v) is 18.0. The maximum absolute atomic E-state index is 12.0. The van der Waals surface area contributed by atoms with Crippen LogP contribution in [0.15, 0.2) is 18.2 Å². The molecule has 1 aromatic carbocycles. The van der Waals surface area contributed by atoms with Crippen LogP contribution in [0.5, 0.6) is 5.75 Å². The second kappa shape index (κ2) is 9.93. The van der Waals surface area contributed by atoms with E-state index in [1.54, 1.807) is 39.0 Å². The Morgan fingerprint density at radius 2 is 1.83 bits per heavy atom. The molecule has 0 radical (unpaired) electrons. The van der Waals surface area contributed by atoms with Crippen LogP contribution < -0.4 is 10.1 Å². The lowest BCUT2D eigenvalue weighted by atomic mass is 9.97. The Hall–Kier alpha value is -1.91. The fourth-order valence-corrected chi connectivity index (χ4v) is 2.85. The molecule has 5 N–H and O–H groups in total. The summed E-state index contributed by atoms with van der Waals surface area (Å²) in [5.74, 6) is 0.0152. The predicted octanol–water partition coefficient (Wildman–Crippen LogP) is 0.775. The highest BCUT2D eigenvalue weighted by Gasteiger charge is 2.44. The molecule has 1 fully saturated rings. The summed E-state index contributed by atoms with van der Waals surface area (Å²) in [6.45, 7) is 8.74. The normalized spacial score (nSPS) is 27.1. The molecule has 0 bridgehead atoms. The third-order valence-corrected chi connectivity index (χ3v) is 4.56. The van der Waals surface area contributed by atoms with Crippen LogP contribution in [0, 0.1) is 5.41 Å². The zero-order chi connectivity index (χ0) is 22.6. The fourth-order valence-electron chi connectivity index (χ4n) is 2.85. The first kappa shape index (κ1) is 24.4. The number of aliphatic hydroxyl groups is 4. The largest absolute Gasteiger partial charge is 0.460 e. The topological polar surface area (TPSA) is 138 Å². The molecule has 170 valence electrons. The summed E-state index contributed by atoms with van der Waals surface area (Å²) in [6.07, 6.45) is -6.86. The Balaban J connectivity index is 2.19. The molecule has 0 aromatic heterocycles. The Bertz CT molecular complexity index is 715. The molecule has 9 heteroatoms. The average Bonchev–Trinajstić information content (AvgIpc) is 2.66. The van der Waals surface area contributed by atoms with Crippen LogP contribution >= 0.6 is 0 Å². The zero-order valence-electron chi connectivity index (χ0n) is 18.0. The van der Waals surface area contributed by atoms with Gasteiger partial charge < -0.3 is 40.0 Å². The Kier molecular flexibility index (Phi) is 8.06. The van der Waals surface area contributed by atoms with E-state index in [9.17, 15) is 25.2 Å². The first-order chi connectivity index (χ1) is 13.9. The number of carbonyl (C=O) groups excluding carboxylic acids is 1. The Morgan fingerprint density at radius 1 is 1.17 bits per heavy atom. The summed E-state index contributed by atoms with van der Waals surface area (Å²) in [5, 5.41) is 42.6. The number of benzene rings is 1. The van der Waals surface area contributed by atoms with E-state index < -0.39 is 42.7 Å². The molecular formula is C21H33NO8.